The van der Waals surface area contributed by atoms with E-state index < -0.39 is 12.0 Å². The van der Waals surface area contributed by atoms with Crippen LogP contribution < -0.4 is 5.32 Å². The Kier molecular flexibility index (Phi) is 2.37. The molecule has 0 spiro atoms. The molecule has 0 radical (unpaired) electrons. The summed E-state index contributed by atoms with van der Waals surface area (Å²) in [6.07, 6.45) is 1.98. The van der Waals surface area contributed by atoms with Crippen LogP contribution in [0.25, 0.3) is 0 Å². The first-order valence-corrected chi connectivity index (χ1v) is 5.24. The van der Waals surface area contributed by atoms with Gasteiger partial charge in [0.05, 0.1) is 0 Å². The van der Waals surface area contributed by atoms with E-state index in [1.54, 1.807) is 6.92 Å². The zero-order valence-corrected chi connectivity index (χ0v) is 8.54. The Morgan fingerprint density at radius 3 is 2.86 bits per heavy atom. The third-order valence-electron chi connectivity index (χ3n) is 2.17. The number of nitrogens with zero attached hydrogens (tertiary/aromatic N) is 2. The molecule has 6 heteroatoms. The summed E-state index contributed by atoms with van der Waals surface area (Å²) in [6, 6.07) is -0.498. The van der Waals surface area contributed by atoms with Gasteiger partial charge in [-0.25, -0.2) is 9.78 Å². The summed E-state index contributed by atoms with van der Waals surface area (Å²) < 4.78 is 3.98. The zero-order chi connectivity index (χ0) is 10.1. The van der Waals surface area contributed by atoms with Crippen LogP contribution in [0.2, 0.25) is 0 Å². The molecule has 1 aliphatic carbocycles. The van der Waals surface area contributed by atoms with Crippen molar-refractivity contribution in [2.75, 3.05) is 5.32 Å². The summed E-state index contributed by atoms with van der Waals surface area (Å²) in [5, 5.41) is 12.5. The number of aromatic nitrogens is 2. The molecule has 1 aromatic heterocycles. The minimum absolute atomic E-state index is 0.261. The Labute approximate surface area is 85.3 Å². The van der Waals surface area contributed by atoms with Crippen molar-refractivity contribution in [2.24, 2.45) is 5.92 Å². The van der Waals surface area contributed by atoms with E-state index in [1.807, 2.05) is 0 Å². The van der Waals surface area contributed by atoms with Crippen molar-refractivity contribution in [3.05, 3.63) is 5.82 Å². The molecule has 1 heterocycles. The second-order valence-corrected chi connectivity index (χ2v) is 4.20. The Morgan fingerprint density at radius 2 is 2.43 bits per heavy atom. The van der Waals surface area contributed by atoms with Crippen LogP contribution >= 0.6 is 11.5 Å². The SMILES string of the molecule is Cc1nsc(NC(C(=O)O)C2CC2)n1. The van der Waals surface area contributed by atoms with Gasteiger partial charge in [-0.1, -0.05) is 0 Å². The number of nitrogens with one attached hydrogen (secondary N) is 1. The highest BCUT2D eigenvalue weighted by Crippen LogP contribution is 2.34. The quantitative estimate of drug-likeness (QED) is 0.784. The van der Waals surface area contributed by atoms with E-state index in [0.717, 1.165) is 12.8 Å². The molecule has 0 aliphatic heterocycles. The number of aliphatic carboxylic acids is 1. The zero-order valence-electron chi connectivity index (χ0n) is 7.73. The second-order valence-electron chi connectivity index (χ2n) is 3.44. The monoisotopic (exact) mass is 213 g/mol. The maximum Gasteiger partial charge on any atom is 0.326 e. The van der Waals surface area contributed by atoms with E-state index in [9.17, 15) is 4.79 Å². The minimum atomic E-state index is -0.805. The van der Waals surface area contributed by atoms with Crippen molar-refractivity contribution in [3.63, 3.8) is 0 Å². The summed E-state index contributed by atoms with van der Waals surface area (Å²) in [6.45, 7) is 1.79. The van der Waals surface area contributed by atoms with Crippen LogP contribution in [0.5, 0.6) is 0 Å². The third-order valence-corrected chi connectivity index (χ3v) is 2.90. The van der Waals surface area contributed by atoms with Crippen molar-refractivity contribution in [2.45, 2.75) is 25.8 Å². The summed E-state index contributed by atoms with van der Waals surface area (Å²) in [5.41, 5.74) is 0. The number of carboxylic acids is 1. The molecule has 0 saturated heterocycles. The summed E-state index contributed by atoms with van der Waals surface area (Å²) in [7, 11) is 0. The van der Waals surface area contributed by atoms with E-state index in [2.05, 4.69) is 14.7 Å². The highest BCUT2D eigenvalue weighted by Gasteiger charge is 2.36. The van der Waals surface area contributed by atoms with Gasteiger partial charge in [-0.3, -0.25) is 0 Å². The number of anilines is 1. The average molecular weight is 213 g/mol. The molecule has 0 aromatic carbocycles. The van der Waals surface area contributed by atoms with Gasteiger partial charge >= 0.3 is 5.97 Å². The lowest BCUT2D eigenvalue weighted by molar-refractivity contribution is -0.138. The molecule has 5 nitrogen and oxygen atoms in total. The van der Waals surface area contributed by atoms with Crippen LogP contribution in [0, 0.1) is 12.8 Å². The third kappa shape index (κ3) is 2.01. The van der Waals surface area contributed by atoms with Gasteiger partial charge in [-0.15, -0.1) is 0 Å². The molecular weight excluding hydrogens is 202 g/mol. The Hall–Kier alpha value is -1.17. The Bertz CT molecular complexity index is 348. The van der Waals surface area contributed by atoms with E-state index in [-0.39, 0.29) is 5.92 Å². The van der Waals surface area contributed by atoms with Gasteiger partial charge in [0.15, 0.2) is 0 Å². The fourth-order valence-electron chi connectivity index (χ4n) is 1.30. The van der Waals surface area contributed by atoms with E-state index in [0.29, 0.717) is 11.0 Å². The second kappa shape index (κ2) is 3.53. The number of carbonyl (C=O) groups is 1. The van der Waals surface area contributed by atoms with Gasteiger partial charge in [0.25, 0.3) is 0 Å². The normalized spacial score (nSPS) is 17.8. The van der Waals surface area contributed by atoms with E-state index >= 15 is 0 Å². The molecule has 14 heavy (non-hydrogen) atoms. The Balaban J connectivity index is 2.03. The van der Waals surface area contributed by atoms with Crippen molar-refractivity contribution in [1.29, 1.82) is 0 Å². The molecule has 2 rings (SSSR count). The first-order valence-electron chi connectivity index (χ1n) is 4.46. The summed E-state index contributed by atoms with van der Waals surface area (Å²) in [5.74, 6) is 0.134. The fraction of sp³-hybridized carbons (Fsp3) is 0.625. The van der Waals surface area contributed by atoms with Gasteiger partial charge in [-0.05, 0) is 25.7 Å². The average Bonchev–Trinajstić information content (AvgIpc) is 2.86. The van der Waals surface area contributed by atoms with Crippen LogP contribution in [-0.2, 0) is 4.79 Å². The molecule has 0 amide bonds. The number of aryl methyl sites for hydroxylation is 1. The summed E-state index contributed by atoms with van der Waals surface area (Å²) in [4.78, 5) is 15.0. The topological polar surface area (TPSA) is 75.1 Å². The molecule has 0 bridgehead atoms. The molecule has 1 aliphatic rings. The largest absolute Gasteiger partial charge is 0.480 e. The van der Waals surface area contributed by atoms with Crippen LogP contribution in [0.3, 0.4) is 0 Å². The van der Waals surface area contributed by atoms with Gasteiger partial charge in [0.2, 0.25) is 5.13 Å². The molecule has 1 atom stereocenters. The molecule has 2 N–H and O–H groups in total. The van der Waals surface area contributed by atoms with Crippen molar-refractivity contribution in [1.82, 2.24) is 9.36 Å². The lowest BCUT2D eigenvalue weighted by Crippen LogP contribution is -2.31. The lowest BCUT2D eigenvalue weighted by Gasteiger charge is -2.11. The van der Waals surface area contributed by atoms with Gasteiger partial charge < -0.3 is 10.4 Å². The van der Waals surface area contributed by atoms with E-state index in [1.165, 1.54) is 11.5 Å². The molecular formula is C8H11N3O2S. The van der Waals surface area contributed by atoms with Gasteiger partial charge in [0, 0.05) is 11.5 Å². The van der Waals surface area contributed by atoms with Gasteiger partial charge in [0.1, 0.15) is 11.9 Å². The first kappa shape index (κ1) is 9.39. The maximum absolute atomic E-state index is 10.9. The number of rotatable bonds is 4. The van der Waals surface area contributed by atoms with Crippen LogP contribution in [-0.4, -0.2) is 26.5 Å². The highest BCUT2D eigenvalue weighted by atomic mass is 32.1. The van der Waals surface area contributed by atoms with Crippen molar-refractivity contribution < 1.29 is 9.90 Å². The predicted octanol–water partition coefficient (Wildman–Crippen LogP) is 1.12. The van der Waals surface area contributed by atoms with Crippen LogP contribution in [0.4, 0.5) is 5.13 Å². The van der Waals surface area contributed by atoms with Crippen molar-refractivity contribution >= 4 is 22.6 Å². The minimum Gasteiger partial charge on any atom is -0.480 e. The highest BCUT2D eigenvalue weighted by molar-refractivity contribution is 7.09. The van der Waals surface area contributed by atoms with E-state index in [4.69, 9.17) is 5.11 Å². The number of hydrogen-bond acceptors (Lipinski definition) is 5. The summed E-state index contributed by atoms with van der Waals surface area (Å²) >= 11 is 1.20. The van der Waals surface area contributed by atoms with Gasteiger partial charge in [-0.2, -0.15) is 4.37 Å². The van der Waals surface area contributed by atoms with Crippen LogP contribution in [0.1, 0.15) is 18.7 Å². The number of carboxylic acid groups (broad SMARTS) is 1. The van der Waals surface area contributed by atoms with Crippen molar-refractivity contribution in [3.8, 4) is 0 Å². The molecule has 1 fully saturated rings. The molecule has 1 unspecified atom stereocenters. The fourth-order valence-corrected chi connectivity index (χ4v) is 1.91. The lowest BCUT2D eigenvalue weighted by atomic mass is 10.2. The first-order chi connectivity index (χ1) is 6.66. The molecule has 1 aromatic rings. The standard InChI is InChI=1S/C8H11N3O2S/c1-4-9-8(14-11-4)10-6(7(12)13)5-2-3-5/h5-6H,2-3H2,1H3,(H,12,13)(H,9,10,11). The predicted molar refractivity (Wildman–Crippen MR) is 52.4 cm³/mol. The Morgan fingerprint density at radius 1 is 1.71 bits per heavy atom. The molecule has 76 valence electrons. The maximum atomic E-state index is 10.9. The molecule has 1 saturated carbocycles. The van der Waals surface area contributed by atoms with Crippen LogP contribution in [0.15, 0.2) is 0 Å². The smallest absolute Gasteiger partial charge is 0.326 e. The number of hydrogen-bond donors (Lipinski definition) is 2.